The molecule has 2 nitrogen and oxygen atoms in total. The number of nitrogens with one attached hydrogen (secondary N) is 1. The fourth-order valence-corrected chi connectivity index (χ4v) is 2.86. The number of rotatable bonds is 7. The summed E-state index contributed by atoms with van der Waals surface area (Å²) in [5, 5.41) is 3.44. The van der Waals surface area contributed by atoms with Crippen LogP contribution in [0.4, 0.5) is 0 Å². The molecule has 1 fully saturated rings. The van der Waals surface area contributed by atoms with Crippen molar-refractivity contribution in [3.63, 3.8) is 0 Å². The van der Waals surface area contributed by atoms with E-state index < -0.39 is 0 Å². The lowest BCUT2D eigenvalue weighted by atomic mass is 9.97. The minimum Gasteiger partial charge on any atom is -0.494 e. The largest absolute Gasteiger partial charge is 0.494 e. The first kappa shape index (κ1) is 13.4. The first-order chi connectivity index (χ1) is 8.88. The van der Waals surface area contributed by atoms with E-state index in [0.717, 1.165) is 24.7 Å². The molecular formula is C16H25NO. The third kappa shape index (κ3) is 4.34. The zero-order chi connectivity index (χ0) is 12.6. The molecular weight excluding hydrogens is 222 g/mol. The summed E-state index contributed by atoms with van der Waals surface area (Å²) in [6.07, 6.45) is 8.13. The van der Waals surface area contributed by atoms with Crippen LogP contribution in [0.1, 0.15) is 38.5 Å². The van der Waals surface area contributed by atoms with E-state index in [9.17, 15) is 0 Å². The normalized spacial score (nSPS) is 17.8. The lowest BCUT2D eigenvalue weighted by Crippen LogP contribution is -2.29. The second-order valence-corrected chi connectivity index (χ2v) is 5.32. The molecule has 1 unspecified atom stereocenters. The molecule has 0 heterocycles. The van der Waals surface area contributed by atoms with Crippen molar-refractivity contribution < 1.29 is 4.74 Å². The van der Waals surface area contributed by atoms with E-state index in [1.54, 1.807) is 0 Å². The van der Waals surface area contributed by atoms with Gasteiger partial charge in [0, 0.05) is 6.04 Å². The van der Waals surface area contributed by atoms with E-state index >= 15 is 0 Å². The van der Waals surface area contributed by atoms with Crippen LogP contribution in [-0.2, 0) is 0 Å². The molecule has 0 aromatic heterocycles. The Hall–Kier alpha value is -1.02. The van der Waals surface area contributed by atoms with E-state index in [0.29, 0.717) is 6.04 Å². The van der Waals surface area contributed by atoms with Crippen molar-refractivity contribution in [1.29, 1.82) is 0 Å². The van der Waals surface area contributed by atoms with Gasteiger partial charge in [0.1, 0.15) is 5.75 Å². The highest BCUT2D eigenvalue weighted by Crippen LogP contribution is 2.29. The van der Waals surface area contributed by atoms with Gasteiger partial charge in [0.05, 0.1) is 6.61 Å². The standard InChI is InChI=1S/C16H25NO/c1-17-15(13-14-7-5-6-8-14)11-12-18-16-9-3-2-4-10-16/h2-4,9-10,14-15,17H,5-8,11-13H2,1H3. The highest BCUT2D eigenvalue weighted by Gasteiger charge is 2.19. The summed E-state index contributed by atoms with van der Waals surface area (Å²) in [5.74, 6) is 1.92. The van der Waals surface area contributed by atoms with Gasteiger partial charge in [-0.15, -0.1) is 0 Å². The third-order valence-electron chi connectivity index (χ3n) is 3.98. The number of ether oxygens (including phenoxy) is 1. The topological polar surface area (TPSA) is 21.3 Å². The van der Waals surface area contributed by atoms with Crippen molar-refractivity contribution in [3.8, 4) is 5.75 Å². The van der Waals surface area contributed by atoms with Crippen LogP contribution in [-0.4, -0.2) is 19.7 Å². The Bertz CT molecular complexity index is 319. The Labute approximate surface area is 111 Å². The molecule has 0 aliphatic heterocycles. The molecule has 1 saturated carbocycles. The van der Waals surface area contributed by atoms with Crippen LogP contribution in [0.25, 0.3) is 0 Å². The molecule has 1 atom stereocenters. The first-order valence-corrected chi connectivity index (χ1v) is 7.23. The second kappa shape index (κ2) is 7.42. The Morgan fingerprint density at radius 3 is 2.61 bits per heavy atom. The highest BCUT2D eigenvalue weighted by atomic mass is 16.5. The molecule has 0 bridgehead atoms. The summed E-state index contributed by atoms with van der Waals surface area (Å²) >= 11 is 0. The lowest BCUT2D eigenvalue weighted by molar-refractivity contribution is 0.272. The minimum absolute atomic E-state index is 0.608. The van der Waals surface area contributed by atoms with Gasteiger partial charge < -0.3 is 10.1 Å². The average Bonchev–Trinajstić information content (AvgIpc) is 2.92. The van der Waals surface area contributed by atoms with Crippen molar-refractivity contribution in [2.75, 3.05) is 13.7 Å². The molecule has 18 heavy (non-hydrogen) atoms. The van der Waals surface area contributed by atoms with Gasteiger partial charge >= 0.3 is 0 Å². The first-order valence-electron chi connectivity index (χ1n) is 7.23. The smallest absolute Gasteiger partial charge is 0.119 e. The van der Waals surface area contributed by atoms with Crippen LogP contribution < -0.4 is 10.1 Å². The van der Waals surface area contributed by atoms with E-state index in [4.69, 9.17) is 4.74 Å². The maximum absolute atomic E-state index is 5.76. The molecule has 0 amide bonds. The number of benzene rings is 1. The molecule has 1 N–H and O–H groups in total. The highest BCUT2D eigenvalue weighted by molar-refractivity contribution is 5.20. The van der Waals surface area contributed by atoms with Gasteiger partial charge in [-0.3, -0.25) is 0 Å². The van der Waals surface area contributed by atoms with Gasteiger partial charge in [-0.05, 0) is 37.9 Å². The number of hydrogen-bond acceptors (Lipinski definition) is 2. The Morgan fingerprint density at radius 1 is 1.22 bits per heavy atom. The van der Waals surface area contributed by atoms with E-state index in [1.165, 1.54) is 32.1 Å². The van der Waals surface area contributed by atoms with E-state index in [1.807, 2.05) is 30.3 Å². The van der Waals surface area contributed by atoms with Gasteiger partial charge in [-0.1, -0.05) is 43.9 Å². The fourth-order valence-electron chi connectivity index (χ4n) is 2.86. The summed E-state index contributed by atoms with van der Waals surface area (Å²) in [4.78, 5) is 0. The lowest BCUT2D eigenvalue weighted by Gasteiger charge is -2.20. The minimum atomic E-state index is 0.608. The summed E-state index contributed by atoms with van der Waals surface area (Å²) in [7, 11) is 2.07. The van der Waals surface area contributed by atoms with Gasteiger partial charge in [-0.25, -0.2) is 0 Å². The van der Waals surface area contributed by atoms with E-state index in [2.05, 4.69) is 12.4 Å². The van der Waals surface area contributed by atoms with Crippen molar-refractivity contribution in [3.05, 3.63) is 30.3 Å². The van der Waals surface area contributed by atoms with Crippen molar-refractivity contribution in [2.45, 2.75) is 44.6 Å². The second-order valence-electron chi connectivity index (χ2n) is 5.32. The van der Waals surface area contributed by atoms with Crippen molar-refractivity contribution >= 4 is 0 Å². The Balaban J connectivity index is 1.67. The van der Waals surface area contributed by atoms with Crippen molar-refractivity contribution in [2.24, 2.45) is 5.92 Å². The summed E-state index contributed by atoms with van der Waals surface area (Å²) in [5.41, 5.74) is 0. The third-order valence-corrected chi connectivity index (χ3v) is 3.98. The van der Waals surface area contributed by atoms with Crippen LogP contribution in [0.3, 0.4) is 0 Å². The van der Waals surface area contributed by atoms with Crippen LogP contribution in [0.5, 0.6) is 5.75 Å². The van der Waals surface area contributed by atoms with Gasteiger partial charge in [0.15, 0.2) is 0 Å². The van der Waals surface area contributed by atoms with Crippen LogP contribution in [0.2, 0.25) is 0 Å². The molecule has 1 aliphatic rings. The quantitative estimate of drug-likeness (QED) is 0.794. The molecule has 0 radical (unpaired) electrons. The molecule has 0 spiro atoms. The van der Waals surface area contributed by atoms with Gasteiger partial charge in [0.25, 0.3) is 0 Å². The Kier molecular flexibility index (Phi) is 5.53. The average molecular weight is 247 g/mol. The summed E-state index contributed by atoms with van der Waals surface area (Å²) in [6.45, 7) is 0.808. The van der Waals surface area contributed by atoms with Crippen LogP contribution >= 0.6 is 0 Å². The molecule has 2 rings (SSSR count). The number of hydrogen-bond donors (Lipinski definition) is 1. The predicted molar refractivity (Wildman–Crippen MR) is 76.0 cm³/mol. The zero-order valence-corrected chi connectivity index (χ0v) is 11.4. The Morgan fingerprint density at radius 2 is 1.94 bits per heavy atom. The SMILES string of the molecule is CNC(CCOc1ccccc1)CC1CCCC1. The van der Waals surface area contributed by atoms with Gasteiger partial charge in [-0.2, -0.15) is 0 Å². The monoisotopic (exact) mass is 247 g/mol. The molecule has 1 aromatic rings. The summed E-state index contributed by atoms with van der Waals surface area (Å²) < 4.78 is 5.76. The zero-order valence-electron chi connectivity index (χ0n) is 11.4. The molecule has 100 valence electrons. The van der Waals surface area contributed by atoms with Crippen LogP contribution in [0.15, 0.2) is 30.3 Å². The predicted octanol–water partition coefficient (Wildman–Crippen LogP) is 3.62. The molecule has 1 aromatic carbocycles. The van der Waals surface area contributed by atoms with Crippen molar-refractivity contribution in [1.82, 2.24) is 5.32 Å². The van der Waals surface area contributed by atoms with Crippen LogP contribution in [0, 0.1) is 5.92 Å². The molecule has 2 heteroatoms. The maximum Gasteiger partial charge on any atom is 0.119 e. The molecule has 0 saturated heterocycles. The molecule has 1 aliphatic carbocycles. The summed E-state index contributed by atoms with van der Waals surface area (Å²) in [6, 6.07) is 10.7. The van der Waals surface area contributed by atoms with E-state index in [-0.39, 0.29) is 0 Å². The van der Waals surface area contributed by atoms with Gasteiger partial charge in [0.2, 0.25) is 0 Å². The number of para-hydroxylation sites is 1. The fraction of sp³-hybridized carbons (Fsp3) is 0.625. The maximum atomic E-state index is 5.76.